The first-order valence-corrected chi connectivity index (χ1v) is 13.3. The van der Waals surface area contributed by atoms with E-state index in [0.717, 1.165) is 47.5 Å². The quantitative estimate of drug-likeness (QED) is 0.265. The van der Waals surface area contributed by atoms with Gasteiger partial charge >= 0.3 is 0 Å². The lowest BCUT2D eigenvalue weighted by atomic mass is 10.0. The average Bonchev–Trinajstić information content (AvgIpc) is 2.86. The Morgan fingerprint density at radius 1 is 0.528 bits per heavy atom. The Bertz CT molecular complexity index is 1540. The Kier molecular flexibility index (Phi) is 6.63. The monoisotopic (exact) mass is 527 g/mol. The molecule has 4 aromatic rings. The molecule has 36 heavy (non-hydrogen) atoms. The maximum absolute atomic E-state index is 13.5. The predicted molar refractivity (Wildman–Crippen MR) is 131 cm³/mol. The van der Waals surface area contributed by atoms with Crippen LogP contribution >= 0.6 is 0 Å². The zero-order valence-corrected chi connectivity index (χ0v) is 20.2. The minimum Gasteiger partial charge on any atom is -0.504 e. The molecule has 0 amide bonds. The summed E-state index contributed by atoms with van der Waals surface area (Å²) in [7, 11) is -9.60. The van der Waals surface area contributed by atoms with Crippen LogP contribution in [-0.2, 0) is 26.6 Å². The number of rotatable bonds is 7. The Morgan fingerprint density at radius 3 is 1.42 bits per heavy atom. The van der Waals surface area contributed by atoms with Crippen molar-refractivity contribution in [1.29, 1.82) is 0 Å². The fourth-order valence-corrected chi connectivity index (χ4v) is 7.10. The Labute approximate surface area is 207 Å². The van der Waals surface area contributed by atoms with Crippen LogP contribution in [0.15, 0.2) is 101 Å². The Morgan fingerprint density at radius 2 is 0.972 bits per heavy atom. The summed E-state index contributed by atoms with van der Waals surface area (Å²) < 4.78 is 54.2. The minimum absolute atomic E-state index is 0.231. The highest BCUT2D eigenvalue weighted by molar-refractivity contribution is 8.04. The van der Waals surface area contributed by atoms with Gasteiger partial charge < -0.3 is 20.4 Å². The van der Waals surface area contributed by atoms with Crippen LogP contribution in [0.5, 0.6) is 23.0 Å². The van der Waals surface area contributed by atoms with Crippen molar-refractivity contribution in [3.05, 3.63) is 96.6 Å². The summed E-state index contributed by atoms with van der Waals surface area (Å²) in [6.45, 7) is -0.608. The number of aromatic hydroxyl groups is 4. The smallest absolute Gasteiger partial charge is 0.256 e. The molecule has 186 valence electrons. The third-order valence-corrected chi connectivity index (χ3v) is 9.61. The molecule has 0 bridgehead atoms. The zero-order chi connectivity index (χ0) is 26.1. The fourth-order valence-electron chi connectivity index (χ4n) is 3.44. The third kappa shape index (κ3) is 4.85. The first-order chi connectivity index (χ1) is 17.0. The molecular formula is C25H21NO8S2. The van der Waals surface area contributed by atoms with Crippen LogP contribution in [0.3, 0.4) is 0 Å². The summed E-state index contributed by atoms with van der Waals surface area (Å²) in [5.74, 6) is -2.66. The number of phenols is 4. The lowest BCUT2D eigenvalue weighted by Gasteiger charge is -2.23. The van der Waals surface area contributed by atoms with E-state index in [-0.39, 0.29) is 3.71 Å². The van der Waals surface area contributed by atoms with Gasteiger partial charge in [-0.25, -0.2) is 16.8 Å². The van der Waals surface area contributed by atoms with Gasteiger partial charge in [-0.15, -0.1) is 0 Å². The number of hydrogen-bond acceptors (Lipinski definition) is 8. The summed E-state index contributed by atoms with van der Waals surface area (Å²) in [5, 5.41) is 38.8. The first kappa shape index (κ1) is 25.0. The van der Waals surface area contributed by atoms with Crippen LogP contribution in [0, 0.1) is 0 Å². The van der Waals surface area contributed by atoms with E-state index in [1.165, 1.54) is 0 Å². The second-order valence-corrected chi connectivity index (χ2v) is 11.8. The molecule has 4 aromatic carbocycles. The van der Waals surface area contributed by atoms with Crippen LogP contribution in [0.4, 0.5) is 0 Å². The molecule has 0 aromatic heterocycles. The maximum Gasteiger partial charge on any atom is 0.256 e. The molecule has 0 saturated heterocycles. The molecule has 0 spiro atoms. The molecular weight excluding hydrogens is 506 g/mol. The summed E-state index contributed by atoms with van der Waals surface area (Å²) >= 11 is 0. The van der Waals surface area contributed by atoms with E-state index in [1.807, 2.05) is 30.3 Å². The zero-order valence-electron chi connectivity index (χ0n) is 18.6. The van der Waals surface area contributed by atoms with Gasteiger partial charge in [-0.2, -0.15) is 0 Å². The molecule has 0 saturated carbocycles. The fraction of sp³-hybridized carbons (Fsp3) is 0.0400. The first-order valence-electron chi connectivity index (χ1n) is 10.5. The van der Waals surface area contributed by atoms with Crippen molar-refractivity contribution in [2.75, 3.05) is 0 Å². The summed E-state index contributed by atoms with van der Waals surface area (Å²) in [5.41, 5.74) is 2.09. The highest BCUT2D eigenvalue weighted by atomic mass is 32.3. The molecule has 0 unspecified atom stereocenters. The van der Waals surface area contributed by atoms with Gasteiger partial charge in [0, 0.05) is 12.1 Å². The lowest BCUT2D eigenvalue weighted by Crippen LogP contribution is -2.36. The molecule has 0 aliphatic carbocycles. The molecule has 11 heteroatoms. The van der Waals surface area contributed by atoms with E-state index in [1.54, 1.807) is 24.3 Å². The van der Waals surface area contributed by atoms with Crippen LogP contribution in [0.25, 0.3) is 11.1 Å². The van der Waals surface area contributed by atoms with Crippen LogP contribution in [-0.4, -0.2) is 41.0 Å². The molecule has 4 N–H and O–H groups in total. The topological polar surface area (TPSA) is 152 Å². The second-order valence-electron chi connectivity index (χ2n) is 7.80. The van der Waals surface area contributed by atoms with Crippen LogP contribution in [0.1, 0.15) is 5.56 Å². The molecule has 0 fully saturated rings. The summed E-state index contributed by atoms with van der Waals surface area (Å²) in [4.78, 5) is -1.16. The molecule has 0 aliphatic heterocycles. The highest BCUT2D eigenvalue weighted by Crippen LogP contribution is 2.34. The van der Waals surface area contributed by atoms with Crippen molar-refractivity contribution in [1.82, 2.24) is 3.71 Å². The van der Waals surface area contributed by atoms with Gasteiger partial charge in [0.05, 0.1) is 16.3 Å². The molecule has 4 rings (SSSR count). The number of hydrogen-bond donors (Lipinski definition) is 4. The van der Waals surface area contributed by atoms with Gasteiger partial charge in [-0.3, -0.25) is 0 Å². The van der Waals surface area contributed by atoms with Crippen LogP contribution < -0.4 is 0 Å². The van der Waals surface area contributed by atoms with Crippen LogP contribution in [0.2, 0.25) is 0 Å². The van der Waals surface area contributed by atoms with Gasteiger partial charge in [-0.05, 0) is 41.0 Å². The van der Waals surface area contributed by atoms with Crippen molar-refractivity contribution >= 4 is 20.0 Å². The number of benzene rings is 4. The lowest BCUT2D eigenvalue weighted by molar-refractivity contribution is 0.401. The SMILES string of the molecule is O=S(=O)(c1ccc(O)c(O)c1)N(Cc1ccc(-c2ccccc2)cc1)S(=O)(=O)c1ccc(O)c(O)c1. The Hall–Kier alpha value is -4.06. The average molecular weight is 528 g/mol. The third-order valence-electron chi connectivity index (χ3n) is 5.40. The van der Waals surface area contributed by atoms with Crippen molar-refractivity contribution in [3.8, 4) is 34.1 Å². The van der Waals surface area contributed by atoms with E-state index in [9.17, 15) is 37.3 Å². The van der Waals surface area contributed by atoms with Gasteiger partial charge in [0.25, 0.3) is 20.0 Å². The number of nitrogens with zero attached hydrogens (tertiary/aromatic N) is 1. The minimum atomic E-state index is -4.80. The van der Waals surface area contributed by atoms with Crippen molar-refractivity contribution < 1.29 is 37.3 Å². The van der Waals surface area contributed by atoms with E-state index in [4.69, 9.17) is 0 Å². The van der Waals surface area contributed by atoms with E-state index < -0.39 is 59.4 Å². The van der Waals surface area contributed by atoms with Crippen molar-refractivity contribution in [2.45, 2.75) is 16.3 Å². The number of sulfonamides is 2. The molecule has 0 heterocycles. The standard InChI is InChI=1S/C25H21NO8S2/c27-22-12-10-20(14-24(22)29)35(31,32)26(36(33,34)21-11-13-23(28)25(30)15-21)16-17-6-8-19(9-7-17)18-4-2-1-3-5-18/h1-15,27-30H,16H2. The predicted octanol–water partition coefficient (Wildman–Crippen LogP) is 3.76. The maximum atomic E-state index is 13.5. The molecule has 0 aliphatic rings. The van der Waals surface area contributed by atoms with Gasteiger partial charge in [-0.1, -0.05) is 58.3 Å². The molecule has 9 nitrogen and oxygen atoms in total. The van der Waals surface area contributed by atoms with E-state index in [0.29, 0.717) is 5.56 Å². The molecule has 0 atom stereocenters. The van der Waals surface area contributed by atoms with Gasteiger partial charge in [0.1, 0.15) is 0 Å². The second kappa shape index (κ2) is 9.53. The van der Waals surface area contributed by atoms with E-state index >= 15 is 0 Å². The highest BCUT2D eigenvalue weighted by Gasteiger charge is 2.37. The van der Waals surface area contributed by atoms with Crippen molar-refractivity contribution in [3.63, 3.8) is 0 Å². The number of phenolic OH excluding ortho intramolecular Hbond substituents is 4. The largest absolute Gasteiger partial charge is 0.504 e. The summed E-state index contributed by atoms with van der Waals surface area (Å²) in [6.07, 6.45) is 0. The molecule has 0 radical (unpaired) electrons. The normalized spacial score (nSPS) is 12.0. The van der Waals surface area contributed by atoms with Crippen molar-refractivity contribution in [2.24, 2.45) is 0 Å². The Balaban J connectivity index is 1.80. The van der Waals surface area contributed by atoms with E-state index in [2.05, 4.69) is 0 Å². The van der Waals surface area contributed by atoms with Gasteiger partial charge in [0.2, 0.25) is 0 Å². The van der Waals surface area contributed by atoms with Gasteiger partial charge in [0.15, 0.2) is 23.0 Å². The summed E-state index contributed by atoms with van der Waals surface area (Å²) in [6, 6.07) is 21.2.